The van der Waals surface area contributed by atoms with Crippen molar-refractivity contribution in [1.82, 2.24) is 14.8 Å². The molecule has 3 N–H and O–H groups in total. The number of nitrogens with zero attached hydrogens (tertiary/aromatic N) is 3. The summed E-state index contributed by atoms with van der Waals surface area (Å²) in [4.78, 5) is 35.5. The number of pyridine rings is 1. The molecule has 8 nitrogen and oxygen atoms in total. The van der Waals surface area contributed by atoms with Crippen LogP contribution in [-0.4, -0.2) is 83.8 Å². The van der Waals surface area contributed by atoms with Crippen molar-refractivity contribution in [2.75, 3.05) is 63.0 Å². The Morgan fingerprint density at radius 3 is 1.73 bits per heavy atom. The summed E-state index contributed by atoms with van der Waals surface area (Å²) in [7, 11) is 0. The fourth-order valence-electron chi connectivity index (χ4n) is 4.27. The molecule has 0 saturated carbocycles. The monoisotopic (exact) mass is 453 g/mol. The first-order valence-electron chi connectivity index (χ1n) is 11.8. The Labute approximate surface area is 196 Å². The molecule has 1 heterocycles. The number of aromatic hydroxyl groups is 1. The lowest BCUT2D eigenvalue weighted by atomic mass is 9.82. The maximum Gasteiger partial charge on any atom is 0.200 e. The van der Waals surface area contributed by atoms with Crippen LogP contribution in [0.25, 0.3) is 0 Å². The Kier molecular flexibility index (Phi) is 8.41. The van der Waals surface area contributed by atoms with E-state index in [9.17, 15) is 14.7 Å². The molecule has 0 aliphatic heterocycles. The van der Waals surface area contributed by atoms with Crippen molar-refractivity contribution in [1.29, 1.82) is 0 Å². The number of carbonyl (C=O) groups is 2. The number of aromatic nitrogens is 1. The van der Waals surface area contributed by atoms with Crippen LogP contribution in [0, 0.1) is 0 Å². The zero-order valence-electron chi connectivity index (χ0n) is 20.1. The molecule has 0 radical (unpaired) electrons. The minimum Gasteiger partial charge on any atom is -0.506 e. The molecule has 0 unspecified atom stereocenters. The van der Waals surface area contributed by atoms with E-state index in [1.807, 2.05) is 12.1 Å². The molecule has 0 spiro atoms. The smallest absolute Gasteiger partial charge is 0.200 e. The minimum absolute atomic E-state index is 0.0228. The summed E-state index contributed by atoms with van der Waals surface area (Å²) in [5.41, 5.74) is 2.04. The van der Waals surface area contributed by atoms with Crippen molar-refractivity contribution in [2.24, 2.45) is 0 Å². The van der Waals surface area contributed by atoms with E-state index in [0.717, 1.165) is 39.3 Å². The Morgan fingerprint density at radius 2 is 1.24 bits per heavy atom. The molecule has 0 amide bonds. The van der Waals surface area contributed by atoms with E-state index in [2.05, 4.69) is 53.1 Å². The number of likely N-dealkylation sites (N-methyl/N-ethyl adjacent to an activating group) is 2. The lowest BCUT2D eigenvalue weighted by Crippen LogP contribution is -2.31. The molecule has 1 aliphatic carbocycles. The molecule has 8 heteroatoms. The third-order valence-electron chi connectivity index (χ3n) is 6.33. The van der Waals surface area contributed by atoms with Crippen LogP contribution >= 0.6 is 0 Å². The van der Waals surface area contributed by atoms with Crippen LogP contribution in [0.5, 0.6) is 5.75 Å². The molecule has 0 bridgehead atoms. The van der Waals surface area contributed by atoms with E-state index >= 15 is 0 Å². The van der Waals surface area contributed by atoms with Crippen molar-refractivity contribution in [3.05, 3.63) is 46.8 Å². The van der Waals surface area contributed by atoms with Gasteiger partial charge in [-0.05, 0) is 38.3 Å². The zero-order chi connectivity index (χ0) is 24.0. The largest absolute Gasteiger partial charge is 0.506 e. The van der Waals surface area contributed by atoms with Gasteiger partial charge in [0.25, 0.3) is 0 Å². The number of fused-ring (bicyclic) bond motifs is 2. The highest BCUT2D eigenvalue weighted by atomic mass is 16.3. The molecular weight excluding hydrogens is 418 g/mol. The minimum atomic E-state index is -0.364. The van der Waals surface area contributed by atoms with E-state index in [1.165, 1.54) is 12.4 Å². The first-order valence-corrected chi connectivity index (χ1v) is 11.8. The van der Waals surface area contributed by atoms with Crippen LogP contribution in [0.15, 0.2) is 24.5 Å². The van der Waals surface area contributed by atoms with Crippen molar-refractivity contribution in [3.63, 3.8) is 0 Å². The highest BCUT2D eigenvalue weighted by Gasteiger charge is 2.36. The summed E-state index contributed by atoms with van der Waals surface area (Å²) in [6, 6.07) is 3.70. The van der Waals surface area contributed by atoms with Crippen LogP contribution < -0.4 is 10.6 Å². The molecule has 0 atom stereocenters. The van der Waals surface area contributed by atoms with E-state index in [4.69, 9.17) is 0 Å². The fourth-order valence-corrected chi connectivity index (χ4v) is 4.27. The maximum atomic E-state index is 13.5. The average Bonchev–Trinajstić information content (AvgIpc) is 2.83. The van der Waals surface area contributed by atoms with Crippen LogP contribution in [0.2, 0.25) is 0 Å². The number of nitrogens with one attached hydrogen (secondary N) is 2. The predicted molar refractivity (Wildman–Crippen MR) is 132 cm³/mol. The SMILES string of the molecule is CCN(CC)CCNc1ccc(NCCN(CC)CC)c2c1C(=O)c1cncc(O)c1C2=O. The van der Waals surface area contributed by atoms with Crippen LogP contribution in [0.1, 0.15) is 59.5 Å². The second-order valence-electron chi connectivity index (χ2n) is 8.06. The molecule has 1 aromatic carbocycles. The van der Waals surface area contributed by atoms with Crippen molar-refractivity contribution < 1.29 is 14.7 Å². The third kappa shape index (κ3) is 5.17. The Hall–Kier alpha value is -2.97. The van der Waals surface area contributed by atoms with Gasteiger partial charge >= 0.3 is 0 Å². The molecule has 178 valence electrons. The molecule has 0 saturated heterocycles. The van der Waals surface area contributed by atoms with Gasteiger partial charge in [0, 0.05) is 43.8 Å². The second kappa shape index (κ2) is 11.2. The summed E-state index contributed by atoms with van der Waals surface area (Å²) >= 11 is 0. The number of ketones is 2. The van der Waals surface area contributed by atoms with Gasteiger partial charge < -0.3 is 25.5 Å². The highest BCUT2D eigenvalue weighted by Crippen LogP contribution is 2.38. The van der Waals surface area contributed by atoms with Crippen molar-refractivity contribution in [3.8, 4) is 5.75 Å². The normalized spacial score (nSPS) is 12.8. The first kappa shape index (κ1) is 24.7. The Balaban J connectivity index is 1.96. The second-order valence-corrected chi connectivity index (χ2v) is 8.06. The lowest BCUT2D eigenvalue weighted by molar-refractivity contribution is 0.0977. The van der Waals surface area contributed by atoms with Gasteiger partial charge in [0.05, 0.1) is 28.5 Å². The number of benzene rings is 1. The molecule has 33 heavy (non-hydrogen) atoms. The molecular formula is C25H35N5O3. The van der Waals surface area contributed by atoms with Gasteiger partial charge in [0.1, 0.15) is 5.75 Å². The van der Waals surface area contributed by atoms with Gasteiger partial charge in [-0.15, -0.1) is 0 Å². The highest BCUT2D eigenvalue weighted by molar-refractivity contribution is 6.32. The first-order chi connectivity index (χ1) is 16.0. The fraction of sp³-hybridized carbons (Fsp3) is 0.480. The van der Waals surface area contributed by atoms with Gasteiger partial charge in [-0.2, -0.15) is 0 Å². The summed E-state index contributed by atoms with van der Waals surface area (Å²) in [5, 5.41) is 17.0. The van der Waals surface area contributed by atoms with Crippen LogP contribution in [0.3, 0.4) is 0 Å². The number of anilines is 2. The zero-order valence-corrected chi connectivity index (χ0v) is 20.1. The summed E-state index contributed by atoms with van der Waals surface area (Å²) in [5.74, 6) is -0.941. The molecule has 2 aromatic rings. The Bertz CT molecular complexity index is 1000. The van der Waals surface area contributed by atoms with Crippen LogP contribution in [0.4, 0.5) is 11.4 Å². The third-order valence-corrected chi connectivity index (χ3v) is 6.33. The van der Waals surface area contributed by atoms with Gasteiger partial charge in [-0.25, -0.2) is 0 Å². The lowest BCUT2D eigenvalue weighted by Gasteiger charge is -2.25. The average molecular weight is 454 g/mol. The van der Waals surface area contributed by atoms with E-state index < -0.39 is 0 Å². The van der Waals surface area contributed by atoms with Crippen molar-refractivity contribution in [2.45, 2.75) is 27.7 Å². The van der Waals surface area contributed by atoms with E-state index in [1.54, 1.807) is 0 Å². The van der Waals surface area contributed by atoms with Gasteiger partial charge in [-0.3, -0.25) is 14.6 Å². The summed E-state index contributed by atoms with van der Waals surface area (Å²) in [6.45, 7) is 15.2. The van der Waals surface area contributed by atoms with Gasteiger partial charge in [-0.1, -0.05) is 27.7 Å². The van der Waals surface area contributed by atoms with Crippen molar-refractivity contribution >= 4 is 22.9 Å². The van der Waals surface area contributed by atoms with Crippen LogP contribution in [-0.2, 0) is 0 Å². The molecule has 3 rings (SSSR count). The maximum absolute atomic E-state index is 13.5. The quantitative estimate of drug-likeness (QED) is 0.385. The molecule has 1 aliphatic rings. The van der Waals surface area contributed by atoms with E-state index in [0.29, 0.717) is 35.6 Å². The summed E-state index contributed by atoms with van der Waals surface area (Å²) in [6.07, 6.45) is 2.56. The molecule has 1 aromatic heterocycles. The standard InChI is InChI=1S/C25H35N5O3/c1-5-29(6-2)13-11-27-18-9-10-19(28-12-14-30(7-3)8-4)23-22(18)24(32)17-15-26-16-20(31)21(17)25(23)33/h9-10,15-16,27-28,31H,5-8,11-14H2,1-4H3. The summed E-state index contributed by atoms with van der Waals surface area (Å²) < 4.78 is 0. The predicted octanol–water partition coefficient (Wildman–Crippen LogP) is 3.07. The topological polar surface area (TPSA) is 97.8 Å². The van der Waals surface area contributed by atoms with E-state index in [-0.39, 0.29) is 28.4 Å². The molecule has 0 fully saturated rings. The Morgan fingerprint density at radius 1 is 0.758 bits per heavy atom. The van der Waals surface area contributed by atoms with Gasteiger partial charge in [0.2, 0.25) is 5.78 Å². The number of hydrogen-bond acceptors (Lipinski definition) is 8. The number of carbonyl (C=O) groups excluding carboxylic acids is 2. The number of hydrogen-bond donors (Lipinski definition) is 3. The number of rotatable bonds is 12. The van der Waals surface area contributed by atoms with Gasteiger partial charge in [0.15, 0.2) is 5.78 Å².